The van der Waals surface area contributed by atoms with E-state index in [1.165, 1.54) is 144 Å². The second-order valence-corrected chi connectivity index (χ2v) is 28.8. The number of hydrogen-bond acceptors (Lipinski definition) is 2. The molecule has 0 saturated carbocycles. The number of anilines is 6. The molecule has 0 aliphatic heterocycles. The number of rotatable bonds is 6. The van der Waals surface area contributed by atoms with Crippen LogP contribution in [0.25, 0.3) is 77.5 Å². The number of benzene rings is 13. The van der Waals surface area contributed by atoms with Gasteiger partial charge in [0.05, 0.1) is 5.41 Å². The number of fused-ring (bicyclic) bond motifs is 23. The van der Waals surface area contributed by atoms with Crippen molar-refractivity contribution in [3.63, 3.8) is 0 Å². The average Bonchev–Trinajstić information content (AvgIpc) is 1.51. The van der Waals surface area contributed by atoms with Crippen LogP contribution in [0, 0.1) is 0 Å². The fourth-order valence-corrected chi connectivity index (χ4v) is 18.4. The van der Waals surface area contributed by atoms with Crippen molar-refractivity contribution in [2.24, 2.45) is 0 Å². The molecular weight excluding hydrogens is 1100 g/mol. The molecule has 0 saturated heterocycles. The molecule has 1 spiro atoms. The quantitative estimate of drug-likeness (QED) is 0.164. The molecule has 434 valence electrons. The predicted octanol–water partition coefficient (Wildman–Crippen LogP) is 23.3. The van der Waals surface area contributed by atoms with Crippen LogP contribution < -0.4 is 9.80 Å². The topological polar surface area (TPSA) is 6.48 Å². The van der Waals surface area contributed by atoms with Gasteiger partial charge in [0.25, 0.3) is 0 Å². The van der Waals surface area contributed by atoms with Gasteiger partial charge in [-0.2, -0.15) is 0 Å². The highest BCUT2D eigenvalue weighted by molar-refractivity contribution is 6.03. The average molecular weight is 1170 g/mol. The first-order valence-corrected chi connectivity index (χ1v) is 32.6. The molecule has 2 nitrogen and oxygen atoms in total. The van der Waals surface area contributed by atoms with Crippen LogP contribution in [-0.2, 0) is 27.1 Å². The lowest BCUT2D eigenvalue weighted by Gasteiger charge is -2.33. The molecule has 0 N–H and O–H groups in total. The highest BCUT2D eigenvalue weighted by Gasteiger charge is 2.52. The summed E-state index contributed by atoms with van der Waals surface area (Å²) in [7, 11) is 0. The summed E-state index contributed by atoms with van der Waals surface area (Å²) in [4.78, 5) is 5.10. The molecule has 13 aromatic rings. The minimum atomic E-state index is -0.617. The van der Waals surface area contributed by atoms with Gasteiger partial charge in [-0.15, -0.1) is 0 Å². The summed E-state index contributed by atoms with van der Waals surface area (Å²) < 4.78 is 0. The van der Waals surface area contributed by atoms with Crippen molar-refractivity contribution in [1.29, 1.82) is 0 Å². The van der Waals surface area contributed by atoms with E-state index in [1.54, 1.807) is 0 Å². The molecule has 19 rings (SSSR count). The van der Waals surface area contributed by atoms with E-state index in [-0.39, 0.29) is 21.7 Å². The Kier molecular flexibility index (Phi) is 10.4. The van der Waals surface area contributed by atoms with Crippen LogP contribution in [0.15, 0.2) is 267 Å². The molecule has 6 aliphatic carbocycles. The zero-order chi connectivity index (χ0) is 61.2. The van der Waals surface area contributed by atoms with E-state index in [9.17, 15) is 0 Å². The van der Waals surface area contributed by atoms with Crippen LogP contribution in [0.5, 0.6) is 0 Å². The largest absolute Gasteiger partial charge is 0.310 e. The molecule has 0 fully saturated rings. The second-order valence-electron chi connectivity index (χ2n) is 28.8. The summed E-state index contributed by atoms with van der Waals surface area (Å²) in [5.41, 5.74) is 37.6. The van der Waals surface area contributed by atoms with Gasteiger partial charge >= 0.3 is 0 Å². The maximum absolute atomic E-state index is 2.58. The fraction of sp³-hybridized carbons (Fsp3) is 0.146. The third kappa shape index (κ3) is 6.82. The molecule has 0 bridgehead atoms. The first-order chi connectivity index (χ1) is 44.1. The summed E-state index contributed by atoms with van der Waals surface area (Å²) in [6.45, 7) is 19.2. The van der Waals surface area contributed by atoms with Crippen molar-refractivity contribution in [2.75, 3.05) is 9.80 Å². The van der Waals surface area contributed by atoms with Crippen molar-refractivity contribution >= 4 is 44.9 Å². The smallest absolute Gasteiger partial charge is 0.0726 e. The first kappa shape index (κ1) is 52.6. The van der Waals surface area contributed by atoms with E-state index in [0.29, 0.717) is 0 Å². The van der Waals surface area contributed by atoms with Gasteiger partial charge in [-0.05, 0) is 229 Å². The Morgan fingerprint density at radius 2 is 0.418 bits per heavy atom. The summed E-state index contributed by atoms with van der Waals surface area (Å²) in [5.74, 6) is 0. The lowest BCUT2D eigenvalue weighted by atomic mass is 9.70. The molecule has 0 heterocycles. The van der Waals surface area contributed by atoms with Gasteiger partial charge in [0.15, 0.2) is 0 Å². The Hall–Kier alpha value is -10.3. The lowest BCUT2D eigenvalue weighted by molar-refractivity contribution is 0.659. The Balaban J connectivity index is 0.821. The molecule has 91 heavy (non-hydrogen) atoms. The molecular formula is C89H68N2. The maximum atomic E-state index is 2.58. The summed E-state index contributed by atoms with van der Waals surface area (Å²) in [5, 5.41) is 2.43. The van der Waals surface area contributed by atoms with E-state index in [2.05, 4.69) is 332 Å². The highest BCUT2D eigenvalue weighted by Crippen LogP contribution is 2.65. The third-order valence-electron chi connectivity index (χ3n) is 22.8. The van der Waals surface area contributed by atoms with Crippen LogP contribution in [0.4, 0.5) is 34.1 Å². The molecule has 13 aromatic carbocycles. The van der Waals surface area contributed by atoms with Crippen LogP contribution in [-0.4, -0.2) is 0 Å². The van der Waals surface area contributed by atoms with Gasteiger partial charge in [0.1, 0.15) is 0 Å². The molecule has 0 unspecified atom stereocenters. The van der Waals surface area contributed by atoms with Crippen molar-refractivity contribution in [3.05, 3.63) is 334 Å². The van der Waals surface area contributed by atoms with Crippen molar-refractivity contribution in [3.8, 4) is 66.8 Å². The fourth-order valence-electron chi connectivity index (χ4n) is 18.4. The Morgan fingerprint density at radius 1 is 0.176 bits per heavy atom. The predicted molar refractivity (Wildman–Crippen MR) is 380 cm³/mol. The monoisotopic (exact) mass is 1160 g/mol. The van der Waals surface area contributed by atoms with Crippen LogP contribution >= 0.6 is 0 Å². The molecule has 0 atom stereocenters. The maximum Gasteiger partial charge on any atom is 0.0726 e. The summed E-state index contributed by atoms with van der Waals surface area (Å²) in [6.07, 6.45) is 0. The van der Waals surface area contributed by atoms with E-state index in [0.717, 1.165) is 34.1 Å². The van der Waals surface area contributed by atoms with Crippen molar-refractivity contribution in [2.45, 2.75) is 82.5 Å². The molecule has 0 aromatic heterocycles. The Bertz CT molecular complexity index is 5130. The van der Waals surface area contributed by atoms with Crippen molar-refractivity contribution < 1.29 is 0 Å². The summed E-state index contributed by atoms with van der Waals surface area (Å²) >= 11 is 0. The van der Waals surface area contributed by atoms with Gasteiger partial charge < -0.3 is 9.80 Å². The van der Waals surface area contributed by atoms with Gasteiger partial charge in [-0.3, -0.25) is 0 Å². The van der Waals surface area contributed by atoms with Gasteiger partial charge in [-0.1, -0.05) is 237 Å². The first-order valence-electron chi connectivity index (χ1n) is 32.6. The highest BCUT2D eigenvalue weighted by atomic mass is 15.1. The minimum Gasteiger partial charge on any atom is -0.310 e. The van der Waals surface area contributed by atoms with E-state index in [4.69, 9.17) is 0 Å². The Morgan fingerprint density at radius 3 is 0.758 bits per heavy atom. The zero-order valence-corrected chi connectivity index (χ0v) is 52.8. The second kappa shape index (κ2) is 18.0. The van der Waals surface area contributed by atoms with E-state index < -0.39 is 5.41 Å². The van der Waals surface area contributed by atoms with Crippen molar-refractivity contribution in [1.82, 2.24) is 0 Å². The number of nitrogens with zero attached hydrogens (tertiary/aromatic N) is 2. The standard InChI is InChI=1S/C89H68N2/c1-85(2)73-27-15-9-21-61(73)67-40-35-56(48-79(67)85)90(57-36-41-68-62-22-10-16-28-74(62)86(3,4)80(68)49-57)55-34-33-53-46-72-71-44-39-60(52-84(71)89(83(72)47-54(53)45-55)77-31-19-13-25-65(77)66-26-14-20-32-78(66)89)91(58-37-42-69-63-23-11-17-29-75(63)87(5,6)81(69)50-58)59-38-43-70-64-24-12-18-30-76(64)88(7,8)82(70)51-59/h9-52H,1-8H3. The van der Waals surface area contributed by atoms with Crippen LogP contribution in [0.2, 0.25) is 0 Å². The molecule has 6 aliphatic rings. The van der Waals surface area contributed by atoms with Gasteiger partial charge in [0, 0.05) is 55.8 Å². The summed E-state index contributed by atoms with van der Waals surface area (Å²) in [6, 6.07) is 103. The van der Waals surface area contributed by atoms with E-state index >= 15 is 0 Å². The zero-order valence-electron chi connectivity index (χ0n) is 52.8. The Labute approximate surface area is 534 Å². The van der Waals surface area contributed by atoms with Gasteiger partial charge in [0.2, 0.25) is 0 Å². The molecule has 2 heteroatoms. The molecule has 0 radical (unpaired) electrons. The molecule has 0 amide bonds. The minimum absolute atomic E-state index is 0.164. The third-order valence-corrected chi connectivity index (χ3v) is 22.8. The lowest BCUT2D eigenvalue weighted by Crippen LogP contribution is -2.26. The SMILES string of the molecule is CC1(C)c2ccccc2-c2ccc(N(c3ccc4c(c3)C(C)(C)c3ccccc3-4)c3ccc4c(c3)C3(c5ccccc5-c5ccccc53)c3cc5cc(N(c6ccc7c(c6)C(C)(C)c6ccccc6-7)c6ccc7c(c6)C(C)(C)c6ccccc6-7)ccc5cc3-4)cc21. The number of hydrogen-bond donors (Lipinski definition) is 0. The van der Waals surface area contributed by atoms with Crippen LogP contribution in [0.1, 0.15) is 122 Å². The van der Waals surface area contributed by atoms with Crippen LogP contribution in [0.3, 0.4) is 0 Å². The van der Waals surface area contributed by atoms with Gasteiger partial charge in [-0.25, -0.2) is 0 Å². The normalized spacial score (nSPS) is 16.1. The van der Waals surface area contributed by atoms with E-state index in [1.807, 2.05) is 0 Å².